The molecular weight excluding hydrogens is 323 g/mol. The van der Waals surface area contributed by atoms with E-state index in [-0.39, 0.29) is 42.3 Å². The molecule has 2 heterocycles. The van der Waals surface area contributed by atoms with Gasteiger partial charge in [-0.3, -0.25) is 19.7 Å². The molecular formula is C19H23FN2O3. The summed E-state index contributed by atoms with van der Waals surface area (Å²) in [6.45, 7) is 2.92. The summed E-state index contributed by atoms with van der Waals surface area (Å²) in [6, 6.07) is 6.81. The summed E-state index contributed by atoms with van der Waals surface area (Å²) < 4.78 is 13.9. The van der Waals surface area contributed by atoms with E-state index >= 15 is 0 Å². The number of hydrogen-bond donors (Lipinski definition) is 1. The van der Waals surface area contributed by atoms with Crippen LogP contribution in [0, 0.1) is 11.2 Å². The van der Waals surface area contributed by atoms with Gasteiger partial charge in [-0.2, -0.15) is 0 Å². The minimum atomic E-state index is -0.780. The minimum Gasteiger partial charge on any atom is -0.343 e. The number of likely N-dealkylation sites (tertiary alicyclic amines) is 1. The van der Waals surface area contributed by atoms with Gasteiger partial charge in [0.1, 0.15) is 5.82 Å². The number of rotatable bonds is 4. The Balaban J connectivity index is 1.51. The average molecular weight is 346 g/mol. The smallest absolute Gasteiger partial charge is 0.233 e. The largest absolute Gasteiger partial charge is 0.343 e. The first-order valence-electron chi connectivity index (χ1n) is 8.75. The molecule has 1 aromatic carbocycles. The van der Waals surface area contributed by atoms with E-state index in [1.807, 2.05) is 12.1 Å². The van der Waals surface area contributed by atoms with E-state index in [0.29, 0.717) is 19.5 Å². The number of benzene rings is 1. The number of imide groups is 1. The van der Waals surface area contributed by atoms with E-state index in [9.17, 15) is 18.8 Å². The SMILES string of the molecule is CC1(CCC(=O)N2CCC(c3ccccc3F)CC2)CC(=O)NC1=O. The highest BCUT2D eigenvalue weighted by atomic mass is 19.1. The fraction of sp³-hybridized carbons (Fsp3) is 0.526. The summed E-state index contributed by atoms with van der Waals surface area (Å²) in [6.07, 6.45) is 2.25. The Morgan fingerprint density at radius 3 is 2.56 bits per heavy atom. The van der Waals surface area contributed by atoms with Crippen molar-refractivity contribution in [2.75, 3.05) is 13.1 Å². The second-order valence-corrected chi connectivity index (χ2v) is 7.29. The molecule has 25 heavy (non-hydrogen) atoms. The lowest BCUT2D eigenvalue weighted by atomic mass is 9.83. The van der Waals surface area contributed by atoms with Crippen molar-refractivity contribution < 1.29 is 18.8 Å². The van der Waals surface area contributed by atoms with Crippen molar-refractivity contribution in [3.05, 3.63) is 35.6 Å². The van der Waals surface area contributed by atoms with Gasteiger partial charge in [0.15, 0.2) is 0 Å². The molecule has 1 N–H and O–H groups in total. The number of carbonyl (C=O) groups excluding carboxylic acids is 3. The monoisotopic (exact) mass is 346 g/mol. The first-order valence-corrected chi connectivity index (χ1v) is 8.75. The van der Waals surface area contributed by atoms with E-state index in [1.165, 1.54) is 6.07 Å². The third-order valence-electron chi connectivity index (χ3n) is 5.44. The summed E-state index contributed by atoms with van der Waals surface area (Å²) in [5, 5.41) is 2.30. The van der Waals surface area contributed by atoms with Crippen molar-refractivity contribution >= 4 is 17.7 Å². The van der Waals surface area contributed by atoms with Crippen LogP contribution in [-0.2, 0) is 14.4 Å². The van der Waals surface area contributed by atoms with Crippen LogP contribution in [0.25, 0.3) is 0 Å². The third-order valence-corrected chi connectivity index (χ3v) is 5.44. The van der Waals surface area contributed by atoms with Crippen LogP contribution in [0.4, 0.5) is 4.39 Å². The molecule has 2 aliphatic heterocycles. The summed E-state index contributed by atoms with van der Waals surface area (Å²) >= 11 is 0. The van der Waals surface area contributed by atoms with Gasteiger partial charge in [0.05, 0.1) is 5.41 Å². The zero-order valence-electron chi connectivity index (χ0n) is 14.4. The van der Waals surface area contributed by atoms with Gasteiger partial charge in [0, 0.05) is 25.9 Å². The molecule has 1 unspecified atom stereocenters. The molecule has 3 amide bonds. The van der Waals surface area contributed by atoms with E-state index in [0.717, 1.165) is 18.4 Å². The standard InChI is InChI=1S/C19H23FN2O3/c1-19(12-16(23)21-18(19)25)9-6-17(24)22-10-7-13(8-11-22)14-4-2-3-5-15(14)20/h2-5,13H,6-12H2,1H3,(H,21,23,25). The van der Waals surface area contributed by atoms with Gasteiger partial charge in [-0.15, -0.1) is 0 Å². The molecule has 0 aromatic heterocycles. The van der Waals surface area contributed by atoms with E-state index in [1.54, 1.807) is 17.9 Å². The predicted molar refractivity (Wildman–Crippen MR) is 90.1 cm³/mol. The van der Waals surface area contributed by atoms with Crippen molar-refractivity contribution in [1.29, 1.82) is 0 Å². The van der Waals surface area contributed by atoms with Gasteiger partial charge in [-0.1, -0.05) is 25.1 Å². The fourth-order valence-corrected chi connectivity index (χ4v) is 3.75. The highest BCUT2D eigenvalue weighted by Crippen LogP contribution is 2.33. The Morgan fingerprint density at radius 2 is 1.96 bits per heavy atom. The van der Waals surface area contributed by atoms with Crippen LogP contribution in [0.2, 0.25) is 0 Å². The molecule has 0 spiro atoms. The quantitative estimate of drug-likeness (QED) is 0.851. The maximum absolute atomic E-state index is 13.9. The molecule has 0 saturated carbocycles. The van der Waals surface area contributed by atoms with Crippen molar-refractivity contribution in [1.82, 2.24) is 10.2 Å². The summed E-state index contributed by atoms with van der Waals surface area (Å²) in [7, 11) is 0. The molecule has 3 rings (SSSR count). The lowest BCUT2D eigenvalue weighted by molar-refractivity contribution is -0.133. The lowest BCUT2D eigenvalue weighted by Gasteiger charge is -2.33. The minimum absolute atomic E-state index is 0.000331. The lowest BCUT2D eigenvalue weighted by Crippen LogP contribution is -2.39. The number of hydrogen-bond acceptors (Lipinski definition) is 3. The van der Waals surface area contributed by atoms with Crippen LogP contribution >= 0.6 is 0 Å². The van der Waals surface area contributed by atoms with Crippen molar-refractivity contribution in [3.8, 4) is 0 Å². The maximum Gasteiger partial charge on any atom is 0.233 e. The zero-order valence-corrected chi connectivity index (χ0v) is 14.4. The van der Waals surface area contributed by atoms with Gasteiger partial charge in [0.25, 0.3) is 0 Å². The maximum atomic E-state index is 13.9. The number of nitrogens with one attached hydrogen (secondary N) is 1. The Labute approximate surface area is 146 Å². The molecule has 0 radical (unpaired) electrons. The van der Waals surface area contributed by atoms with Crippen molar-refractivity contribution in [3.63, 3.8) is 0 Å². The molecule has 1 aromatic rings. The molecule has 1 atom stereocenters. The highest BCUT2D eigenvalue weighted by molar-refractivity contribution is 6.05. The van der Waals surface area contributed by atoms with E-state index in [2.05, 4.69) is 5.32 Å². The predicted octanol–water partition coefficient (Wildman–Crippen LogP) is 2.36. The molecule has 0 bridgehead atoms. The number of piperidine rings is 1. The van der Waals surface area contributed by atoms with Crippen LogP contribution in [0.1, 0.15) is 50.5 Å². The van der Waals surface area contributed by atoms with Crippen LogP contribution < -0.4 is 5.32 Å². The van der Waals surface area contributed by atoms with Gasteiger partial charge < -0.3 is 4.90 Å². The highest BCUT2D eigenvalue weighted by Gasteiger charge is 2.42. The molecule has 0 aliphatic carbocycles. The molecule has 5 nitrogen and oxygen atoms in total. The Kier molecular flexibility index (Phi) is 4.88. The molecule has 2 saturated heterocycles. The van der Waals surface area contributed by atoms with Crippen LogP contribution in [0.5, 0.6) is 0 Å². The number of halogens is 1. The number of amides is 3. The summed E-state index contributed by atoms with van der Waals surface area (Å²) in [5.74, 6) is -0.604. The van der Waals surface area contributed by atoms with Crippen LogP contribution in [0.15, 0.2) is 24.3 Å². The molecule has 2 fully saturated rings. The fourth-order valence-electron chi connectivity index (χ4n) is 3.75. The summed E-state index contributed by atoms with van der Waals surface area (Å²) in [5.41, 5.74) is -0.0543. The van der Waals surface area contributed by atoms with E-state index in [4.69, 9.17) is 0 Å². The second-order valence-electron chi connectivity index (χ2n) is 7.29. The van der Waals surface area contributed by atoms with Gasteiger partial charge in [0.2, 0.25) is 17.7 Å². The van der Waals surface area contributed by atoms with Gasteiger partial charge >= 0.3 is 0 Å². The molecule has 134 valence electrons. The molecule has 6 heteroatoms. The van der Waals surface area contributed by atoms with Gasteiger partial charge in [-0.05, 0) is 36.8 Å². The normalized spacial score (nSPS) is 24.5. The van der Waals surface area contributed by atoms with Crippen LogP contribution in [-0.4, -0.2) is 35.7 Å². The van der Waals surface area contributed by atoms with Gasteiger partial charge in [-0.25, -0.2) is 4.39 Å². The second kappa shape index (κ2) is 6.94. The topological polar surface area (TPSA) is 66.5 Å². The van der Waals surface area contributed by atoms with Crippen molar-refractivity contribution in [2.45, 2.75) is 44.9 Å². The molecule has 2 aliphatic rings. The third kappa shape index (κ3) is 3.72. The Hall–Kier alpha value is -2.24. The van der Waals surface area contributed by atoms with Crippen molar-refractivity contribution in [2.24, 2.45) is 5.41 Å². The number of carbonyl (C=O) groups is 3. The Bertz CT molecular complexity index is 698. The summed E-state index contributed by atoms with van der Waals surface area (Å²) in [4.78, 5) is 37.4. The Morgan fingerprint density at radius 1 is 1.28 bits per heavy atom. The average Bonchev–Trinajstić information content (AvgIpc) is 2.86. The first kappa shape index (κ1) is 17.6. The van der Waals surface area contributed by atoms with E-state index < -0.39 is 5.41 Å². The van der Waals surface area contributed by atoms with Crippen LogP contribution in [0.3, 0.4) is 0 Å². The first-order chi connectivity index (χ1) is 11.9. The zero-order chi connectivity index (χ0) is 18.0. The number of nitrogens with zero attached hydrogens (tertiary/aromatic N) is 1.